The van der Waals surface area contributed by atoms with E-state index in [-0.39, 0.29) is 0 Å². The van der Waals surface area contributed by atoms with Crippen molar-refractivity contribution < 1.29 is 9.53 Å². The van der Waals surface area contributed by atoms with Crippen LogP contribution in [0.5, 0.6) is 5.75 Å². The lowest BCUT2D eigenvalue weighted by molar-refractivity contribution is 0.100. The molecule has 1 aromatic heterocycles. The average Bonchev–Trinajstić information content (AvgIpc) is 2.82. The summed E-state index contributed by atoms with van der Waals surface area (Å²) < 4.78 is 7.29. The average molecular weight is 260 g/mol. The number of rotatable bonds is 5. The molecule has 2 rings (SSSR count). The number of ether oxygens (including phenoxy) is 1. The van der Waals surface area contributed by atoms with Crippen LogP contribution in [-0.4, -0.2) is 28.8 Å². The minimum atomic E-state index is -0.478. The van der Waals surface area contributed by atoms with Crippen LogP contribution in [0.2, 0.25) is 0 Å². The maximum atomic E-state index is 11.3. The molecule has 0 unspecified atom stereocenters. The van der Waals surface area contributed by atoms with Crippen molar-refractivity contribution >= 4 is 5.91 Å². The summed E-state index contributed by atoms with van der Waals surface area (Å²) in [7, 11) is 1.82. The molecule has 6 heteroatoms. The van der Waals surface area contributed by atoms with Crippen LogP contribution < -0.4 is 16.2 Å². The predicted octanol–water partition coefficient (Wildman–Crippen LogP) is 0.523. The van der Waals surface area contributed by atoms with E-state index >= 15 is 0 Å². The number of carbonyl (C=O) groups excluding carboxylic acids is 1. The van der Waals surface area contributed by atoms with Crippen molar-refractivity contribution in [1.29, 1.82) is 0 Å². The number of hydrogen-bond acceptors (Lipinski definition) is 4. The first-order valence-electron chi connectivity index (χ1n) is 5.88. The summed E-state index contributed by atoms with van der Waals surface area (Å²) in [5.41, 5.74) is 12.8. The molecule has 0 radical (unpaired) electrons. The molecular weight excluding hydrogens is 244 g/mol. The second-order valence-corrected chi connectivity index (χ2v) is 4.05. The predicted molar refractivity (Wildman–Crippen MR) is 71.7 cm³/mol. The van der Waals surface area contributed by atoms with E-state index in [0.717, 1.165) is 11.3 Å². The molecule has 100 valence electrons. The molecule has 6 nitrogen and oxygen atoms in total. The number of aryl methyl sites for hydroxylation is 1. The standard InChI is InChI=1S/C13H16N4O2/c1-17-11(4-6-16-17)10-8-9(13(15)18)2-3-12(10)19-7-5-14/h2-4,6,8H,5,7,14H2,1H3,(H2,15,18). The Morgan fingerprint density at radius 3 is 2.79 bits per heavy atom. The number of primary amides is 1. The molecule has 0 spiro atoms. The Balaban J connectivity index is 2.50. The summed E-state index contributed by atoms with van der Waals surface area (Å²) in [5.74, 6) is 0.174. The Morgan fingerprint density at radius 2 is 2.21 bits per heavy atom. The Morgan fingerprint density at radius 1 is 1.42 bits per heavy atom. The molecule has 1 heterocycles. The Bertz CT molecular complexity index is 592. The molecule has 0 aliphatic rings. The van der Waals surface area contributed by atoms with E-state index in [1.807, 2.05) is 13.1 Å². The van der Waals surface area contributed by atoms with Crippen LogP contribution in [0.1, 0.15) is 10.4 Å². The summed E-state index contributed by atoms with van der Waals surface area (Å²) in [5, 5.41) is 4.11. The molecular formula is C13H16N4O2. The summed E-state index contributed by atoms with van der Waals surface area (Å²) in [4.78, 5) is 11.3. The van der Waals surface area contributed by atoms with E-state index in [1.165, 1.54) is 0 Å². The second-order valence-electron chi connectivity index (χ2n) is 4.05. The SMILES string of the molecule is Cn1nccc1-c1cc(C(N)=O)ccc1OCCN. The van der Waals surface area contributed by atoms with Gasteiger partial charge in [0.15, 0.2) is 0 Å². The smallest absolute Gasteiger partial charge is 0.248 e. The molecule has 0 aliphatic carbocycles. The van der Waals surface area contributed by atoms with Gasteiger partial charge in [-0.1, -0.05) is 0 Å². The van der Waals surface area contributed by atoms with Crippen molar-refractivity contribution in [3.05, 3.63) is 36.0 Å². The molecule has 0 saturated carbocycles. The third kappa shape index (κ3) is 2.74. The minimum Gasteiger partial charge on any atom is -0.492 e. The van der Waals surface area contributed by atoms with Crippen LogP contribution in [0, 0.1) is 0 Å². The Hall–Kier alpha value is -2.34. The normalized spacial score (nSPS) is 10.4. The van der Waals surface area contributed by atoms with Crippen molar-refractivity contribution in [3.8, 4) is 17.0 Å². The maximum absolute atomic E-state index is 11.3. The van der Waals surface area contributed by atoms with Gasteiger partial charge in [0.05, 0.1) is 5.69 Å². The maximum Gasteiger partial charge on any atom is 0.248 e. The lowest BCUT2D eigenvalue weighted by atomic mass is 10.1. The molecule has 0 atom stereocenters. The van der Waals surface area contributed by atoms with Gasteiger partial charge in [-0.05, 0) is 24.3 Å². The van der Waals surface area contributed by atoms with Gasteiger partial charge in [0.25, 0.3) is 0 Å². The van der Waals surface area contributed by atoms with Crippen LogP contribution in [0.3, 0.4) is 0 Å². The first-order chi connectivity index (χ1) is 9.13. The molecule has 2 aromatic rings. The van der Waals surface area contributed by atoms with Gasteiger partial charge < -0.3 is 16.2 Å². The topological polar surface area (TPSA) is 96.2 Å². The first-order valence-corrected chi connectivity index (χ1v) is 5.88. The van der Waals surface area contributed by atoms with Gasteiger partial charge in [-0.2, -0.15) is 5.10 Å². The zero-order valence-corrected chi connectivity index (χ0v) is 10.7. The highest BCUT2D eigenvalue weighted by Crippen LogP contribution is 2.30. The van der Waals surface area contributed by atoms with Gasteiger partial charge in [0, 0.05) is 30.9 Å². The summed E-state index contributed by atoms with van der Waals surface area (Å²) in [6.45, 7) is 0.823. The highest BCUT2D eigenvalue weighted by molar-refractivity contribution is 5.94. The number of benzene rings is 1. The van der Waals surface area contributed by atoms with Gasteiger partial charge in [0.1, 0.15) is 12.4 Å². The van der Waals surface area contributed by atoms with Crippen LogP contribution in [0.15, 0.2) is 30.5 Å². The fourth-order valence-electron chi connectivity index (χ4n) is 1.82. The number of carbonyl (C=O) groups is 1. The third-order valence-electron chi connectivity index (χ3n) is 2.74. The van der Waals surface area contributed by atoms with Gasteiger partial charge in [0.2, 0.25) is 5.91 Å². The van der Waals surface area contributed by atoms with E-state index in [1.54, 1.807) is 29.1 Å². The number of hydrogen-bond donors (Lipinski definition) is 2. The van der Waals surface area contributed by atoms with Gasteiger partial charge in [-0.3, -0.25) is 9.48 Å². The largest absolute Gasteiger partial charge is 0.492 e. The zero-order valence-electron chi connectivity index (χ0n) is 10.7. The number of aromatic nitrogens is 2. The van der Waals surface area contributed by atoms with Crippen molar-refractivity contribution in [2.75, 3.05) is 13.2 Å². The van der Waals surface area contributed by atoms with Crippen LogP contribution in [-0.2, 0) is 7.05 Å². The first kappa shape index (κ1) is 13.1. The quantitative estimate of drug-likeness (QED) is 0.819. The molecule has 0 aliphatic heterocycles. The third-order valence-corrected chi connectivity index (χ3v) is 2.74. The monoisotopic (exact) mass is 260 g/mol. The van der Waals surface area contributed by atoms with Crippen molar-refractivity contribution in [3.63, 3.8) is 0 Å². The zero-order chi connectivity index (χ0) is 13.8. The number of amides is 1. The molecule has 0 bridgehead atoms. The van der Waals surface area contributed by atoms with E-state index in [2.05, 4.69) is 5.10 Å². The van der Waals surface area contributed by atoms with Gasteiger partial charge >= 0.3 is 0 Å². The summed E-state index contributed by atoms with van der Waals surface area (Å²) >= 11 is 0. The molecule has 0 fully saturated rings. The van der Waals surface area contributed by atoms with E-state index in [9.17, 15) is 4.79 Å². The van der Waals surface area contributed by atoms with E-state index < -0.39 is 5.91 Å². The van der Waals surface area contributed by atoms with Crippen LogP contribution in [0.25, 0.3) is 11.3 Å². The van der Waals surface area contributed by atoms with E-state index in [4.69, 9.17) is 16.2 Å². The minimum absolute atomic E-state index is 0.404. The summed E-state index contributed by atoms with van der Waals surface area (Å²) in [6.07, 6.45) is 1.68. The van der Waals surface area contributed by atoms with Crippen molar-refractivity contribution in [2.24, 2.45) is 18.5 Å². The van der Waals surface area contributed by atoms with Crippen LogP contribution in [0.4, 0.5) is 0 Å². The van der Waals surface area contributed by atoms with Gasteiger partial charge in [-0.15, -0.1) is 0 Å². The highest BCUT2D eigenvalue weighted by atomic mass is 16.5. The van der Waals surface area contributed by atoms with Crippen molar-refractivity contribution in [2.45, 2.75) is 0 Å². The molecule has 4 N–H and O–H groups in total. The number of nitrogens with zero attached hydrogens (tertiary/aromatic N) is 2. The molecule has 19 heavy (non-hydrogen) atoms. The van der Waals surface area contributed by atoms with Crippen molar-refractivity contribution in [1.82, 2.24) is 9.78 Å². The Kier molecular flexibility index (Phi) is 3.82. The molecule has 0 saturated heterocycles. The lowest BCUT2D eigenvalue weighted by Gasteiger charge is -2.12. The fourth-order valence-corrected chi connectivity index (χ4v) is 1.82. The fraction of sp³-hybridized carbons (Fsp3) is 0.231. The van der Waals surface area contributed by atoms with E-state index in [0.29, 0.717) is 24.5 Å². The molecule has 1 aromatic carbocycles. The lowest BCUT2D eigenvalue weighted by Crippen LogP contribution is -2.13. The highest BCUT2D eigenvalue weighted by Gasteiger charge is 2.12. The van der Waals surface area contributed by atoms with Crippen LogP contribution >= 0.6 is 0 Å². The summed E-state index contributed by atoms with van der Waals surface area (Å²) in [6, 6.07) is 6.90. The molecule has 1 amide bonds. The van der Waals surface area contributed by atoms with Gasteiger partial charge in [-0.25, -0.2) is 0 Å². The number of nitrogens with two attached hydrogens (primary N) is 2. The second kappa shape index (κ2) is 5.53. The Labute approximate surface area is 111 Å².